The van der Waals surface area contributed by atoms with Gasteiger partial charge in [0.1, 0.15) is 0 Å². The third-order valence-electron chi connectivity index (χ3n) is 3.49. The van der Waals surface area contributed by atoms with Gasteiger partial charge >= 0.3 is 0 Å². The van der Waals surface area contributed by atoms with E-state index in [2.05, 4.69) is 30.1 Å². The van der Waals surface area contributed by atoms with E-state index in [4.69, 9.17) is 11.6 Å². The smallest absolute Gasteiger partial charge is 0.0411 e. The first-order valence-electron chi connectivity index (χ1n) is 6.85. The van der Waals surface area contributed by atoms with E-state index in [1.54, 1.807) is 0 Å². The van der Waals surface area contributed by atoms with E-state index in [-0.39, 0.29) is 0 Å². The van der Waals surface area contributed by atoms with E-state index < -0.39 is 0 Å². The number of nitrogens with zero attached hydrogens (tertiary/aromatic N) is 1. The zero-order valence-corrected chi connectivity index (χ0v) is 12.1. The Morgan fingerprint density at radius 3 is 2.67 bits per heavy atom. The minimum Gasteiger partial charge on any atom is -0.309 e. The summed E-state index contributed by atoms with van der Waals surface area (Å²) in [7, 11) is 0. The maximum absolute atomic E-state index is 6.07. The van der Waals surface area contributed by atoms with Crippen molar-refractivity contribution in [2.24, 2.45) is 0 Å². The fraction of sp³-hybridized carbons (Fsp3) is 0.600. The van der Waals surface area contributed by atoms with Crippen molar-refractivity contribution < 1.29 is 0 Å². The van der Waals surface area contributed by atoms with Gasteiger partial charge in [-0.15, -0.1) is 0 Å². The van der Waals surface area contributed by atoms with Crippen LogP contribution in [-0.4, -0.2) is 30.6 Å². The summed E-state index contributed by atoms with van der Waals surface area (Å²) in [5, 5.41) is 4.41. The van der Waals surface area contributed by atoms with Crippen LogP contribution < -0.4 is 5.32 Å². The first-order chi connectivity index (χ1) is 8.63. The molecule has 0 saturated carbocycles. The average Bonchev–Trinajstić information content (AvgIpc) is 2.78. The Morgan fingerprint density at radius 2 is 2.00 bits per heavy atom. The Morgan fingerprint density at radius 1 is 1.28 bits per heavy atom. The van der Waals surface area contributed by atoms with Crippen LogP contribution in [0.5, 0.6) is 0 Å². The van der Waals surface area contributed by atoms with Crippen molar-refractivity contribution in [2.45, 2.75) is 39.3 Å². The average molecular weight is 267 g/mol. The molecule has 0 radical (unpaired) electrons. The Labute approximate surface area is 115 Å². The van der Waals surface area contributed by atoms with Gasteiger partial charge in [-0.3, -0.25) is 0 Å². The number of halogens is 1. The third-order valence-corrected chi connectivity index (χ3v) is 3.71. The zero-order chi connectivity index (χ0) is 13.0. The van der Waals surface area contributed by atoms with Crippen molar-refractivity contribution in [1.82, 2.24) is 10.2 Å². The van der Waals surface area contributed by atoms with Crippen LogP contribution in [0, 0.1) is 6.92 Å². The molecule has 3 heteroatoms. The second kappa shape index (κ2) is 6.55. The third kappa shape index (κ3) is 4.27. The lowest BCUT2D eigenvalue weighted by Gasteiger charge is -2.21. The SMILES string of the molecule is Cc1cc(Cl)cc(CNC(C)CN2CCCC2)c1. The molecular formula is C15H23ClN2. The molecule has 0 aromatic heterocycles. The molecule has 0 amide bonds. The standard InChI is InChI=1S/C15H23ClN2/c1-12-7-14(9-15(16)8-12)10-17-13(2)11-18-5-3-4-6-18/h7-9,13,17H,3-6,10-11H2,1-2H3. The lowest BCUT2D eigenvalue weighted by atomic mass is 10.1. The second-order valence-electron chi connectivity index (χ2n) is 5.43. The maximum Gasteiger partial charge on any atom is 0.0411 e. The van der Waals surface area contributed by atoms with Crippen molar-refractivity contribution in [3.05, 3.63) is 34.3 Å². The first kappa shape index (κ1) is 13.9. The molecule has 1 aromatic carbocycles. The van der Waals surface area contributed by atoms with Gasteiger partial charge in [0.25, 0.3) is 0 Å². The van der Waals surface area contributed by atoms with Gasteiger partial charge in [-0.25, -0.2) is 0 Å². The van der Waals surface area contributed by atoms with Crippen molar-refractivity contribution in [2.75, 3.05) is 19.6 Å². The Balaban J connectivity index is 1.79. The van der Waals surface area contributed by atoms with Crippen LogP contribution in [-0.2, 0) is 6.54 Å². The Hall–Kier alpha value is -0.570. The fourth-order valence-electron chi connectivity index (χ4n) is 2.62. The number of nitrogens with one attached hydrogen (secondary N) is 1. The zero-order valence-electron chi connectivity index (χ0n) is 11.4. The van der Waals surface area contributed by atoms with E-state index in [0.717, 1.165) is 18.1 Å². The number of benzene rings is 1. The van der Waals surface area contributed by atoms with Gasteiger partial charge in [0, 0.05) is 24.2 Å². The van der Waals surface area contributed by atoms with Gasteiger partial charge in [-0.1, -0.05) is 17.7 Å². The lowest BCUT2D eigenvalue weighted by Crippen LogP contribution is -2.37. The van der Waals surface area contributed by atoms with Crippen LogP contribution in [0.4, 0.5) is 0 Å². The van der Waals surface area contributed by atoms with E-state index in [1.807, 2.05) is 12.1 Å². The molecule has 1 atom stereocenters. The summed E-state index contributed by atoms with van der Waals surface area (Å²) >= 11 is 6.07. The minimum atomic E-state index is 0.530. The van der Waals surface area contributed by atoms with Gasteiger partial charge in [0.05, 0.1) is 0 Å². The molecule has 0 bridgehead atoms. The minimum absolute atomic E-state index is 0.530. The number of rotatable bonds is 5. The van der Waals surface area contributed by atoms with Crippen molar-refractivity contribution >= 4 is 11.6 Å². The molecule has 1 aromatic rings. The number of likely N-dealkylation sites (tertiary alicyclic amines) is 1. The summed E-state index contributed by atoms with van der Waals surface area (Å²) < 4.78 is 0. The van der Waals surface area contributed by atoms with Crippen molar-refractivity contribution in [3.63, 3.8) is 0 Å². The van der Waals surface area contributed by atoms with Crippen LogP contribution >= 0.6 is 11.6 Å². The summed E-state index contributed by atoms with van der Waals surface area (Å²) in [4.78, 5) is 2.54. The predicted molar refractivity (Wildman–Crippen MR) is 78.2 cm³/mol. The summed E-state index contributed by atoms with van der Waals surface area (Å²) in [6.45, 7) is 8.93. The van der Waals surface area contributed by atoms with Gasteiger partial charge in [-0.05, 0) is 63.0 Å². The van der Waals surface area contributed by atoms with Gasteiger partial charge in [0.15, 0.2) is 0 Å². The molecule has 1 N–H and O–H groups in total. The summed E-state index contributed by atoms with van der Waals surface area (Å²) in [5.74, 6) is 0. The first-order valence-corrected chi connectivity index (χ1v) is 7.23. The quantitative estimate of drug-likeness (QED) is 0.880. The number of hydrogen-bond acceptors (Lipinski definition) is 2. The highest BCUT2D eigenvalue weighted by Crippen LogP contribution is 2.14. The highest BCUT2D eigenvalue weighted by atomic mass is 35.5. The largest absolute Gasteiger partial charge is 0.309 e. The van der Waals surface area contributed by atoms with Crippen molar-refractivity contribution in [1.29, 1.82) is 0 Å². The van der Waals surface area contributed by atoms with Crippen LogP contribution in [0.25, 0.3) is 0 Å². The molecule has 2 rings (SSSR count). The van der Waals surface area contributed by atoms with Crippen LogP contribution in [0.1, 0.15) is 30.9 Å². The monoisotopic (exact) mass is 266 g/mol. The van der Waals surface area contributed by atoms with Gasteiger partial charge < -0.3 is 10.2 Å². The lowest BCUT2D eigenvalue weighted by molar-refractivity contribution is 0.298. The molecule has 1 fully saturated rings. The Kier molecular flexibility index (Phi) is 5.04. The molecule has 1 heterocycles. The molecule has 18 heavy (non-hydrogen) atoms. The van der Waals surface area contributed by atoms with E-state index in [9.17, 15) is 0 Å². The topological polar surface area (TPSA) is 15.3 Å². The summed E-state index contributed by atoms with van der Waals surface area (Å²) in [5.41, 5.74) is 2.50. The fourth-order valence-corrected chi connectivity index (χ4v) is 2.94. The van der Waals surface area contributed by atoms with Crippen molar-refractivity contribution in [3.8, 4) is 0 Å². The second-order valence-corrected chi connectivity index (χ2v) is 5.86. The highest BCUT2D eigenvalue weighted by Gasteiger charge is 2.14. The highest BCUT2D eigenvalue weighted by molar-refractivity contribution is 6.30. The molecule has 1 unspecified atom stereocenters. The Bertz CT molecular complexity index is 366. The summed E-state index contributed by atoms with van der Waals surface area (Å²) in [6, 6.07) is 6.77. The van der Waals surface area contributed by atoms with Gasteiger partial charge in [-0.2, -0.15) is 0 Å². The molecule has 1 aliphatic rings. The predicted octanol–water partition coefficient (Wildman–Crippen LogP) is 3.22. The van der Waals surface area contributed by atoms with Crippen LogP contribution in [0.2, 0.25) is 5.02 Å². The van der Waals surface area contributed by atoms with E-state index >= 15 is 0 Å². The molecule has 0 spiro atoms. The van der Waals surface area contributed by atoms with Gasteiger partial charge in [0.2, 0.25) is 0 Å². The van der Waals surface area contributed by atoms with Crippen LogP contribution in [0.3, 0.4) is 0 Å². The number of hydrogen-bond donors (Lipinski definition) is 1. The normalized spacial score (nSPS) is 18.2. The molecule has 1 aliphatic heterocycles. The van der Waals surface area contributed by atoms with E-state index in [1.165, 1.54) is 37.1 Å². The molecule has 0 aliphatic carbocycles. The van der Waals surface area contributed by atoms with Crippen LogP contribution in [0.15, 0.2) is 18.2 Å². The molecule has 1 saturated heterocycles. The maximum atomic E-state index is 6.07. The molecule has 2 nitrogen and oxygen atoms in total. The molecule has 100 valence electrons. The summed E-state index contributed by atoms with van der Waals surface area (Å²) in [6.07, 6.45) is 2.72. The number of aryl methyl sites for hydroxylation is 1. The molecular weight excluding hydrogens is 244 g/mol. The van der Waals surface area contributed by atoms with E-state index in [0.29, 0.717) is 6.04 Å².